The van der Waals surface area contributed by atoms with E-state index >= 15 is 0 Å². The number of aliphatic hydroxyl groups is 2. The smallest absolute Gasteiger partial charge is 0.306 e. The molecule has 54 valence electrons. The molecule has 0 bridgehead atoms. The van der Waals surface area contributed by atoms with E-state index in [1.54, 1.807) is 0 Å². The highest BCUT2D eigenvalue weighted by Crippen LogP contribution is 2.02. The molecular weight excluding hydrogens is 124 g/mol. The standard InChI is InChI=1S/C5H10O4/c1-3(5(8)9)2-4(6)7/h3-4,6-7H,2H2,1H3,(H,8,9). The second kappa shape index (κ2) is 3.42. The Hall–Kier alpha value is -0.610. The van der Waals surface area contributed by atoms with Crippen LogP contribution in [0.1, 0.15) is 13.3 Å². The highest BCUT2D eigenvalue weighted by atomic mass is 16.5. The number of hydrogen-bond donors (Lipinski definition) is 3. The van der Waals surface area contributed by atoms with Crippen molar-refractivity contribution in [2.75, 3.05) is 0 Å². The Morgan fingerprint density at radius 1 is 1.56 bits per heavy atom. The lowest BCUT2D eigenvalue weighted by Crippen LogP contribution is -2.17. The molecule has 0 amide bonds. The van der Waals surface area contributed by atoms with Gasteiger partial charge in [0.2, 0.25) is 0 Å². The molecular formula is C5H10O4. The number of aliphatic carboxylic acids is 1. The Balaban J connectivity index is 3.50. The number of aliphatic hydroxyl groups excluding tert-OH is 1. The highest BCUT2D eigenvalue weighted by Gasteiger charge is 2.13. The molecule has 0 aliphatic carbocycles. The zero-order chi connectivity index (χ0) is 7.44. The van der Waals surface area contributed by atoms with E-state index in [4.69, 9.17) is 15.3 Å². The minimum Gasteiger partial charge on any atom is -0.481 e. The monoisotopic (exact) mass is 134 g/mol. The first-order valence-electron chi connectivity index (χ1n) is 2.63. The van der Waals surface area contributed by atoms with Crippen molar-refractivity contribution >= 4 is 5.97 Å². The van der Waals surface area contributed by atoms with Gasteiger partial charge < -0.3 is 15.3 Å². The molecule has 0 aliphatic rings. The zero-order valence-corrected chi connectivity index (χ0v) is 5.11. The fourth-order valence-corrected chi connectivity index (χ4v) is 0.417. The van der Waals surface area contributed by atoms with Crippen LogP contribution in [0.2, 0.25) is 0 Å². The van der Waals surface area contributed by atoms with E-state index in [9.17, 15) is 4.79 Å². The molecule has 0 heterocycles. The largest absolute Gasteiger partial charge is 0.481 e. The summed E-state index contributed by atoms with van der Waals surface area (Å²) in [6.07, 6.45) is -1.63. The molecule has 0 rings (SSSR count). The zero-order valence-electron chi connectivity index (χ0n) is 5.11. The van der Waals surface area contributed by atoms with E-state index in [0.29, 0.717) is 0 Å². The van der Waals surface area contributed by atoms with Crippen LogP contribution in [0.25, 0.3) is 0 Å². The summed E-state index contributed by atoms with van der Waals surface area (Å²) in [6.45, 7) is 1.42. The maximum absolute atomic E-state index is 10.0. The maximum atomic E-state index is 10.0. The summed E-state index contributed by atoms with van der Waals surface area (Å²) >= 11 is 0. The van der Waals surface area contributed by atoms with Crippen molar-refractivity contribution in [3.05, 3.63) is 0 Å². The van der Waals surface area contributed by atoms with Crippen LogP contribution in [-0.2, 0) is 4.79 Å². The van der Waals surface area contributed by atoms with Crippen molar-refractivity contribution in [3.63, 3.8) is 0 Å². The van der Waals surface area contributed by atoms with Gasteiger partial charge in [-0.3, -0.25) is 4.79 Å². The molecule has 0 radical (unpaired) electrons. The molecule has 0 aromatic rings. The van der Waals surface area contributed by atoms with Gasteiger partial charge in [-0.05, 0) is 0 Å². The molecule has 9 heavy (non-hydrogen) atoms. The summed E-state index contributed by atoms with van der Waals surface area (Å²) in [5.74, 6) is -1.70. The molecule has 3 N–H and O–H groups in total. The first kappa shape index (κ1) is 8.39. The van der Waals surface area contributed by atoms with Crippen LogP contribution in [0.15, 0.2) is 0 Å². The Morgan fingerprint density at radius 2 is 2.00 bits per heavy atom. The van der Waals surface area contributed by atoms with Gasteiger partial charge in [0, 0.05) is 6.42 Å². The first-order valence-corrected chi connectivity index (χ1v) is 2.63. The molecule has 1 unspecified atom stereocenters. The van der Waals surface area contributed by atoms with E-state index in [1.165, 1.54) is 6.92 Å². The third-order valence-corrected chi connectivity index (χ3v) is 0.986. The highest BCUT2D eigenvalue weighted by molar-refractivity contribution is 5.69. The molecule has 0 aromatic carbocycles. The SMILES string of the molecule is CC(CC(O)O)C(=O)O. The predicted molar refractivity (Wildman–Crippen MR) is 29.6 cm³/mol. The van der Waals surface area contributed by atoms with E-state index in [1.807, 2.05) is 0 Å². The van der Waals surface area contributed by atoms with Crippen LogP contribution in [0.3, 0.4) is 0 Å². The first-order chi connectivity index (χ1) is 4.04. The number of carbonyl (C=O) groups is 1. The van der Waals surface area contributed by atoms with Crippen LogP contribution < -0.4 is 0 Å². The van der Waals surface area contributed by atoms with E-state index in [0.717, 1.165) is 0 Å². The van der Waals surface area contributed by atoms with Crippen molar-refractivity contribution in [1.82, 2.24) is 0 Å². The Bertz CT molecular complexity index is 99.1. The van der Waals surface area contributed by atoms with Crippen LogP contribution in [0.5, 0.6) is 0 Å². The van der Waals surface area contributed by atoms with Gasteiger partial charge in [-0.2, -0.15) is 0 Å². The van der Waals surface area contributed by atoms with Crippen LogP contribution >= 0.6 is 0 Å². The van der Waals surface area contributed by atoms with Crippen LogP contribution in [0, 0.1) is 5.92 Å². The van der Waals surface area contributed by atoms with Crippen LogP contribution in [0.4, 0.5) is 0 Å². The number of carboxylic acids is 1. The fourth-order valence-electron chi connectivity index (χ4n) is 0.417. The summed E-state index contributed by atoms with van der Waals surface area (Å²) in [5.41, 5.74) is 0. The van der Waals surface area contributed by atoms with Gasteiger partial charge >= 0.3 is 5.97 Å². The van der Waals surface area contributed by atoms with Gasteiger partial charge in [0.1, 0.15) is 0 Å². The predicted octanol–water partition coefficient (Wildman–Crippen LogP) is -0.592. The van der Waals surface area contributed by atoms with Crippen molar-refractivity contribution in [1.29, 1.82) is 0 Å². The second-order valence-corrected chi connectivity index (χ2v) is 1.96. The quantitative estimate of drug-likeness (QED) is 0.451. The minimum absolute atomic E-state index is 0.116. The number of carboxylic acid groups (broad SMARTS) is 1. The molecule has 0 saturated heterocycles. The average Bonchev–Trinajstić information content (AvgIpc) is 1.63. The molecule has 4 heteroatoms. The average molecular weight is 134 g/mol. The summed E-state index contributed by atoms with van der Waals surface area (Å²) < 4.78 is 0. The number of rotatable bonds is 3. The molecule has 0 saturated carbocycles. The topological polar surface area (TPSA) is 77.8 Å². The lowest BCUT2D eigenvalue weighted by atomic mass is 10.1. The summed E-state index contributed by atoms with van der Waals surface area (Å²) in [4.78, 5) is 10.0. The van der Waals surface area contributed by atoms with E-state index in [-0.39, 0.29) is 6.42 Å². The lowest BCUT2D eigenvalue weighted by Gasteiger charge is -2.05. The van der Waals surface area contributed by atoms with Crippen molar-refractivity contribution in [2.24, 2.45) is 5.92 Å². The summed E-state index contributed by atoms with van der Waals surface area (Å²) in [7, 11) is 0. The summed E-state index contributed by atoms with van der Waals surface area (Å²) in [5, 5.41) is 24.7. The number of hydrogen-bond acceptors (Lipinski definition) is 3. The second-order valence-electron chi connectivity index (χ2n) is 1.96. The van der Waals surface area contributed by atoms with Gasteiger partial charge in [0.25, 0.3) is 0 Å². The fraction of sp³-hybridized carbons (Fsp3) is 0.800. The van der Waals surface area contributed by atoms with Gasteiger partial charge in [-0.1, -0.05) is 6.92 Å². The molecule has 0 aromatic heterocycles. The normalized spacial score (nSPS) is 13.8. The Morgan fingerprint density at radius 3 is 2.11 bits per heavy atom. The summed E-state index contributed by atoms with van der Waals surface area (Å²) in [6, 6.07) is 0. The van der Waals surface area contributed by atoms with E-state index in [2.05, 4.69) is 0 Å². The van der Waals surface area contributed by atoms with Crippen molar-refractivity contribution < 1.29 is 20.1 Å². The third-order valence-electron chi connectivity index (χ3n) is 0.986. The molecule has 4 nitrogen and oxygen atoms in total. The van der Waals surface area contributed by atoms with Gasteiger partial charge in [-0.15, -0.1) is 0 Å². The lowest BCUT2D eigenvalue weighted by molar-refractivity contribution is -0.145. The van der Waals surface area contributed by atoms with Gasteiger partial charge in [0.05, 0.1) is 5.92 Å². The van der Waals surface area contributed by atoms with Gasteiger partial charge in [0.15, 0.2) is 6.29 Å². The van der Waals surface area contributed by atoms with Crippen LogP contribution in [-0.4, -0.2) is 27.6 Å². The molecule has 0 aliphatic heterocycles. The van der Waals surface area contributed by atoms with E-state index < -0.39 is 18.2 Å². The molecule has 1 atom stereocenters. The van der Waals surface area contributed by atoms with Crippen molar-refractivity contribution in [3.8, 4) is 0 Å². The third kappa shape index (κ3) is 3.93. The molecule has 0 spiro atoms. The van der Waals surface area contributed by atoms with Crippen molar-refractivity contribution in [2.45, 2.75) is 19.6 Å². The Kier molecular flexibility index (Phi) is 3.19. The molecule has 0 fully saturated rings. The Labute approximate surface area is 52.7 Å². The van der Waals surface area contributed by atoms with Gasteiger partial charge in [-0.25, -0.2) is 0 Å². The maximum Gasteiger partial charge on any atom is 0.306 e. The minimum atomic E-state index is -1.52.